The molecule has 5 nitrogen and oxygen atoms in total. The number of nitrogens with one attached hydrogen (secondary N) is 2. The van der Waals surface area contributed by atoms with Crippen LogP contribution >= 0.6 is 11.3 Å². The second-order valence-electron chi connectivity index (χ2n) is 7.56. The SMILES string of the molecule is CC(C)c1ccc([C@H](NCC(=O)Nc2ccc3c(c2)OCCO3)c2cccs2)cc1. The summed E-state index contributed by atoms with van der Waals surface area (Å²) in [5, 5.41) is 8.40. The predicted octanol–water partition coefficient (Wildman–Crippen LogP) is 4.96. The van der Waals surface area contributed by atoms with Gasteiger partial charge in [-0.2, -0.15) is 0 Å². The average Bonchev–Trinajstić information content (AvgIpc) is 3.29. The summed E-state index contributed by atoms with van der Waals surface area (Å²) in [7, 11) is 0. The number of hydrogen-bond acceptors (Lipinski definition) is 5. The fraction of sp³-hybridized carbons (Fsp3) is 0.292. The molecule has 2 heterocycles. The van der Waals surface area contributed by atoms with Crippen molar-refractivity contribution in [1.29, 1.82) is 0 Å². The maximum absolute atomic E-state index is 12.6. The minimum absolute atomic E-state index is 0.0303. The molecule has 4 rings (SSSR count). The van der Waals surface area contributed by atoms with Gasteiger partial charge < -0.3 is 14.8 Å². The number of benzene rings is 2. The smallest absolute Gasteiger partial charge is 0.238 e. The summed E-state index contributed by atoms with van der Waals surface area (Å²) >= 11 is 1.68. The number of carbonyl (C=O) groups excluding carboxylic acids is 1. The lowest BCUT2D eigenvalue weighted by atomic mass is 9.98. The largest absolute Gasteiger partial charge is 0.486 e. The third-order valence-electron chi connectivity index (χ3n) is 5.06. The highest BCUT2D eigenvalue weighted by Gasteiger charge is 2.17. The lowest BCUT2D eigenvalue weighted by molar-refractivity contribution is -0.115. The maximum Gasteiger partial charge on any atom is 0.238 e. The molecule has 0 radical (unpaired) electrons. The van der Waals surface area contributed by atoms with Crippen molar-refractivity contribution in [2.45, 2.75) is 25.8 Å². The summed E-state index contributed by atoms with van der Waals surface area (Å²) in [5.41, 5.74) is 3.15. The van der Waals surface area contributed by atoms with Gasteiger partial charge in [0.15, 0.2) is 11.5 Å². The van der Waals surface area contributed by atoms with Gasteiger partial charge in [-0.3, -0.25) is 10.1 Å². The highest BCUT2D eigenvalue weighted by atomic mass is 32.1. The second-order valence-corrected chi connectivity index (χ2v) is 8.54. The molecule has 0 saturated heterocycles. The summed E-state index contributed by atoms with van der Waals surface area (Å²) in [5.74, 6) is 1.75. The Morgan fingerprint density at radius 3 is 2.43 bits per heavy atom. The van der Waals surface area contributed by atoms with Crippen LogP contribution in [0.25, 0.3) is 0 Å². The van der Waals surface area contributed by atoms with Gasteiger partial charge in [-0.25, -0.2) is 0 Å². The summed E-state index contributed by atoms with van der Waals surface area (Å²) < 4.78 is 11.1. The monoisotopic (exact) mass is 422 g/mol. The van der Waals surface area contributed by atoms with E-state index in [-0.39, 0.29) is 18.5 Å². The highest BCUT2D eigenvalue weighted by Crippen LogP contribution is 2.32. The minimum atomic E-state index is -0.105. The fourth-order valence-corrected chi connectivity index (χ4v) is 4.26. The van der Waals surface area contributed by atoms with E-state index >= 15 is 0 Å². The van der Waals surface area contributed by atoms with Gasteiger partial charge in [-0.15, -0.1) is 11.3 Å². The number of fused-ring (bicyclic) bond motifs is 1. The van der Waals surface area contributed by atoms with Crippen molar-refractivity contribution >= 4 is 22.9 Å². The molecule has 0 aliphatic carbocycles. The van der Waals surface area contributed by atoms with Gasteiger partial charge in [0.05, 0.1) is 12.6 Å². The molecule has 1 aromatic heterocycles. The van der Waals surface area contributed by atoms with Crippen molar-refractivity contribution in [3.63, 3.8) is 0 Å². The third kappa shape index (κ3) is 4.83. The Kier molecular flexibility index (Phi) is 6.35. The number of rotatable bonds is 7. The van der Waals surface area contributed by atoms with E-state index < -0.39 is 0 Å². The summed E-state index contributed by atoms with van der Waals surface area (Å²) in [6, 6.07) is 18.2. The van der Waals surface area contributed by atoms with Crippen LogP contribution in [-0.2, 0) is 4.79 Å². The van der Waals surface area contributed by atoms with Gasteiger partial charge >= 0.3 is 0 Å². The molecule has 1 aliphatic rings. The summed E-state index contributed by atoms with van der Waals surface area (Å²) in [6.07, 6.45) is 0. The molecular weight excluding hydrogens is 396 g/mol. The van der Waals surface area contributed by atoms with E-state index in [2.05, 4.69) is 60.2 Å². The molecule has 0 unspecified atom stereocenters. The molecule has 1 amide bonds. The highest BCUT2D eigenvalue weighted by molar-refractivity contribution is 7.10. The number of ether oxygens (including phenoxy) is 2. The molecule has 2 N–H and O–H groups in total. The minimum Gasteiger partial charge on any atom is -0.486 e. The summed E-state index contributed by atoms with van der Waals surface area (Å²) in [6.45, 7) is 5.64. The molecule has 2 aromatic carbocycles. The predicted molar refractivity (Wildman–Crippen MR) is 121 cm³/mol. The van der Waals surface area contributed by atoms with Crippen molar-refractivity contribution in [3.05, 3.63) is 76.0 Å². The van der Waals surface area contributed by atoms with Crippen LogP contribution in [0.3, 0.4) is 0 Å². The Bertz CT molecular complexity index is 984. The van der Waals surface area contributed by atoms with Crippen molar-refractivity contribution in [3.8, 4) is 11.5 Å². The van der Waals surface area contributed by atoms with Crippen LogP contribution in [0.4, 0.5) is 5.69 Å². The Balaban J connectivity index is 1.43. The van der Waals surface area contributed by atoms with E-state index in [1.54, 1.807) is 17.4 Å². The van der Waals surface area contributed by atoms with Crippen LogP contribution in [-0.4, -0.2) is 25.7 Å². The van der Waals surface area contributed by atoms with Crippen molar-refractivity contribution in [2.75, 3.05) is 25.1 Å². The normalized spacial score (nSPS) is 13.8. The fourth-order valence-electron chi connectivity index (χ4n) is 3.43. The Labute approximate surface area is 181 Å². The van der Waals surface area contributed by atoms with Crippen LogP contribution in [0.5, 0.6) is 11.5 Å². The third-order valence-corrected chi connectivity index (χ3v) is 5.99. The summed E-state index contributed by atoms with van der Waals surface area (Å²) in [4.78, 5) is 13.8. The quantitative estimate of drug-likeness (QED) is 0.565. The van der Waals surface area contributed by atoms with Crippen LogP contribution in [0.1, 0.15) is 41.8 Å². The molecule has 0 saturated carbocycles. The number of carbonyl (C=O) groups is 1. The first-order valence-corrected chi connectivity index (χ1v) is 11.0. The van der Waals surface area contributed by atoms with E-state index in [0.717, 1.165) is 5.56 Å². The zero-order chi connectivity index (χ0) is 20.9. The lowest BCUT2D eigenvalue weighted by Crippen LogP contribution is -2.31. The van der Waals surface area contributed by atoms with Gasteiger partial charge in [-0.05, 0) is 40.6 Å². The first-order valence-electron chi connectivity index (χ1n) is 10.2. The van der Waals surface area contributed by atoms with E-state index in [1.165, 1.54) is 10.4 Å². The molecule has 3 aromatic rings. The molecule has 0 bridgehead atoms. The lowest BCUT2D eigenvalue weighted by Gasteiger charge is -2.20. The van der Waals surface area contributed by atoms with Gasteiger partial charge in [0.1, 0.15) is 13.2 Å². The molecule has 0 fully saturated rings. The number of anilines is 1. The molecular formula is C24H26N2O3S. The molecule has 156 valence electrons. The second kappa shape index (κ2) is 9.32. The molecule has 1 aliphatic heterocycles. The zero-order valence-corrected chi connectivity index (χ0v) is 18.0. The standard InChI is InChI=1S/C24H26N2O3S/c1-16(2)17-5-7-18(8-6-17)24(22-4-3-13-30-22)25-15-23(27)26-19-9-10-20-21(14-19)29-12-11-28-20/h3-10,13-14,16,24-25H,11-12,15H2,1-2H3,(H,26,27)/t24-/m0/s1. The number of amides is 1. The van der Waals surface area contributed by atoms with E-state index in [0.29, 0.717) is 36.3 Å². The van der Waals surface area contributed by atoms with Crippen molar-refractivity contribution in [2.24, 2.45) is 0 Å². The van der Waals surface area contributed by atoms with E-state index in [1.807, 2.05) is 18.2 Å². The van der Waals surface area contributed by atoms with Crippen LogP contribution in [0.2, 0.25) is 0 Å². The van der Waals surface area contributed by atoms with E-state index in [9.17, 15) is 4.79 Å². The molecule has 0 spiro atoms. The first kappa shape index (κ1) is 20.4. The average molecular weight is 423 g/mol. The topological polar surface area (TPSA) is 59.6 Å². The molecule has 1 atom stereocenters. The Morgan fingerprint density at radius 2 is 1.73 bits per heavy atom. The van der Waals surface area contributed by atoms with Gasteiger partial charge in [0.25, 0.3) is 0 Å². The van der Waals surface area contributed by atoms with Crippen molar-refractivity contribution in [1.82, 2.24) is 5.32 Å². The molecule has 6 heteroatoms. The zero-order valence-electron chi connectivity index (χ0n) is 17.2. The Morgan fingerprint density at radius 1 is 1.00 bits per heavy atom. The maximum atomic E-state index is 12.6. The van der Waals surface area contributed by atoms with Gasteiger partial charge in [0, 0.05) is 16.6 Å². The number of hydrogen-bond donors (Lipinski definition) is 2. The van der Waals surface area contributed by atoms with Crippen LogP contribution in [0, 0.1) is 0 Å². The van der Waals surface area contributed by atoms with E-state index in [4.69, 9.17) is 9.47 Å². The Hall–Kier alpha value is -2.83. The van der Waals surface area contributed by atoms with Crippen molar-refractivity contribution < 1.29 is 14.3 Å². The number of thiophene rings is 1. The van der Waals surface area contributed by atoms with Gasteiger partial charge in [0.2, 0.25) is 5.91 Å². The first-order chi connectivity index (χ1) is 14.6. The van der Waals surface area contributed by atoms with Crippen LogP contribution in [0.15, 0.2) is 60.0 Å². The van der Waals surface area contributed by atoms with Gasteiger partial charge in [-0.1, -0.05) is 44.2 Å². The van der Waals surface area contributed by atoms with Crippen LogP contribution < -0.4 is 20.1 Å². The molecule has 30 heavy (non-hydrogen) atoms.